The van der Waals surface area contributed by atoms with E-state index in [1.165, 1.54) is 22.3 Å². The zero-order chi connectivity index (χ0) is 13.9. The van der Waals surface area contributed by atoms with E-state index in [9.17, 15) is 0 Å². The molecule has 0 N–H and O–H groups in total. The Hall–Kier alpha value is -1.73. The highest BCUT2D eigenvalue weighted by Crippen LogP contribution is 2.34. The van der Waals surface area contributed by atoms with Crippen LogP contribution in [0.5, 0.6) is 0 Å². The Balaban J connectivity index is 1.98. The van der Waals surface area contributed by atoms with Crippen molar-refractivity contribution in [3.8, 4) is 11.1 Å². The van der Waals surface area contributed by atoms with Crippen molar-refractivity contribution in [2.75, 3.05) is 0 Å². The highest BCUT2D eigenvalue weighted by Gasteiger charge is 2.15. The molecule has 0 spiro atoms. The number of hydrogen-bond acceptors (Lipinski definition) is 0. The number of fused-ring (bicyclic) bond motifs is 1. The summed E-state index contributed by atoms with van der Waals surface area (Å²) in [5, 5.41) is 0. The summed E-state index contributed by atoms with van der Waals surface area (Å²) in [4.78, 5) is 0. The van der Waals surface area contributed by atoms with E-state index in [-0.39, 0.29) is 8.41 Å². The summed E-state index contributed by atoms with van der Waals surface area (Å²) in [6.45, 7) is 4.70. The molecule has 0 saturated heterocycles. The minimum atomic E-state index is -0.236. The van der Waals surface area contributed by atoms with Gasteiger partial charge in [0.2, 0.25) is 0 Å². The topological polar surface area (TPSA) is 0 Å². The lowest BCUT2D eigenvalue weighted by Gasteiger charge is -2.07. The zero-order valence-corrected chi connectivity index (χ0v) is 13.2. The van der Waals surface area contributed by atoms with Gasteiger partial charge in [-0.3, -0.25) is 0 Å². The lowest BCUT2D eigenvalue weighted by molar-refractivity contribution is 1.15. The van der Waals surface area contributed by atoms with Gasteiger partial charge in [-0.05, 0) is 43.5 Å². The molecule has 0 aliphatic heterocycles. The molecule has 0 nitrogen and oxygen atoms in total. The van der Waals surface area contributed by atoms with E-state index in [1.54, 1.807) is 5.57 Å². The minimum absolute atomic E-state index is 0.236. The zero-order valence-electron chi connectivity index (χ0n) is 12.2. The summed E-state index contributed by atoms with van der Waals surface area (Å²) in [5.74, 6) is 0. The van der Waals surface area contributed by atoms with Gasteiger partial charge >= 0.3 is 0 Å². The van der Waals surface area contributed by atoms with Crippen LogP contribution >= 0.6 is 0 Å². The number of allylic oxidation sites excluding steroid dienone is 1. The van der Waals surface area contributed by atoms with Gasteiger partial charge in [0.25, 0.3) is 0 Å². The van der Waals surface area contributed by atoms with Crippen LogP contribution < -0.4 is 0 Å². The third kappa shape index (κ3) is 2.73. The molecule has 2 aromatic carbocycles. The fourth-order valence-corrected chi connectivity index (χ4v) is 3.44. The van der Waals surface area contributed by atoms with Crippen LogP contribution in [0.2, 0.25) is 13.1 Å². The molecule has 2 aromatic rings. The van der Waals surface area contributed by atoms with E-state index in [0.717, 1.165) is 12.8 Å². The predicted molar refractivity (Wildman–Crippen MR) is 91.7 cm³/mol. The first-order valence-electron chi connectivity index (χ1n) is 7.24. The van der Waals surface area contributed by atoms with E-state index in [4.69, 9.17) is 0 Å². The van der Waals surface area contributed by atoms with Crippen molar-refractivity contribution < 1.29 is 0 Å². The van der Waals surface area contributed by atoms with Crippen LogP contribution in [-0.4, -0.2) is 14.1 Å². The molecule has 0 atom stereocenters. The van der Waals surface area contributed by atoms with Crippen molar-refractivity contribution in [2.24, 2.45) is 0 Å². The predicted octanol–water partition coefficient (Wildman–Crippen LogP) is 4.82. The molecule has 0 heterocycles. The van der Waals surface area contributed by atoms with Crippen LogP contribution in [0.3, 0.4) is 0 Å². The largest absolute Gasteiger partial charge is 0.100 e. The Kier molecular flexibility index (Phi) is 3.79. The Morgan fingerprint density at radius 1 is 1.00 bits per heavy atom. The molecule has 0 bridgehead atoms. The number of hydrogen-bond donors (Lipinski definition) is 0. The summed E-state index contributed by atoms with van der Waals surface area (Å²) in [5.41, 5.74) is 9.68. The van der Waals surface area contributed by atoms with Crippen LogP contribution in [0.15, 0.2) is 54.1 Å². The number of benzene rings is 2. The molecular weight excluding hydrogens is 256 g/mol. The second kappa shape index (κ2) is 5.72. The first-order chi connectivity index (χ1) is 9.74. The van der Waals surface area contributed by atoms with Gasteiger partial charge in [0.1, 0.15) is 0 Å². The van der Waals surface area contributed by atoms with Gasteiger partial charge in [-0.2, -0.15) is 0 Å². The van der Waals surface area contributed by atoms with Crippen molar-refractivity contribution >= 4 is 20.2 Å². The maximum atomic E-state index is 2.50. The first-order valence-corrected chi connectivity index (χ1v) is 9.82. The summed E-state index contributed by atoms with van der Waals surface area (Å²) < 4.78 is 0. The molecule has 100 valence electrons. The van der Waals surface area contributed by atoms with Crippen molar-refractivity contribution in [1.82, 2.24) is 0 Å². The molecule has 0 amide bonds. The Bertz CT molecular complexity index is 674. The molecular formula is C19H20Si. The van der Waals surface area contributed by atoms with E-state index in [1.807, 2.05) is 0 Å². The van der Waals surface area contributed by atoms with Gasteiger partial charge in [0.15, 0.2) is 0 Å². The highest BCUT2D eigenvalue weighted by molar-refractivity contribution is 6.63. The standard InChI is InChI=1S/C19H20Si/c1-20(2)12-11-15-13-17-9-6-10-18(19(17)14-15)16-7-4-3-5-8-16/h3-10,12,14H,11,13H2,1-2H3. The SMILES string of the molecule is C[Si](C)=CCC1=Cc2c(cccc2-c2ccccc2)C1. The van der Waals surface area contributed by atoms with Crippen LogP contribution in [-0.2, 0) is 6.42 Å². The maximum Gasteiger partial charge on any atom is -0.00100 e. The third-order valence-electron chi connectivity index (χ3n) is 3.82. The highest BCUT2D eigenvalue weighted by atomic mass is 28.2. The molecule has 0 unspecified atom stereocenters. The molecule has 0 aromatic heterocycles. The second-order valence-electron chi connectivity index (χ2n) is 5.71. The summed E-state index contributed by atoms with van der Waals surface area (Å²) >= 11 is 0. The third-order valence-corrected chi connectivity index (χ3v) is 4.84. The van der Waals surface area contributed by atoms with Crippen molar-refractivity contribution in [2.45, 2.75) is 25.9 Å². The van der Waals surface area contributed by atoms with Gasteiger partial charge < -0.3 is 0 Å². The minimum Gasteiger partial charge on any atom is -0.100 e. The van der Waals surface area contributed by atoms with Gasteiger partial charge in [-0.25, -0.2) is 0 Å². The van der Waals surface area contributed by atoms with Crippen molar-refractivity contribution in [1.29, 1.82) is 0 Å². The summed E-state index contributed by atoms with van der Waals surface area (Å²) in [6.07, 6.45) is 4.70. The fraction of sp³-hybridized carbons (Fsp3) is 0.211. The molecule has 0 fully saturated rings. The van der Waals surface area contributed by atoms with Gasteiger partial charge in [-0.15, -0.1) is 5.67 Å². The lowest BCUT2D eigenvalue weighted by atomic mass is 9.97. The van der Waals surface area contributed by atoms with E-state index in [0.29, 0.717) is 0 Å². The van der Waals surface area contributed by atoms with Crippen LogP contribution in [0.25, 0.3) is 17.2 Å². The van der Waals surface area contributed by atoms with Gasteiger partial charge in [0.05, 0.1) is 0 Å². The van der Waals surface area contributed by atoms with Crippen molar-refractivity contribution in [3.63, 3.8) is 0 Å². The van der Waals surface area contributed by atoms with E-state index >= 15 is 0 Å². The maximum absolute atomic E-state index is 2.50. The summed E-state index contributed by atoms with van der Waals surface area (Å²) in [6, 6.07) is 17.4. The second-order valence-corrected chi connectivity index (χ2v) is 8.27. The Morgan fingerprint density at radius 2 is 1.80 bits per heavy atom. The fourth-order valence-electron chi connectivity index (χ4n) is 2.77. The molecule has 0 radical (unpaired) electrons. The molecule has 3 rings (SSSR count). The van der Waals surface area contributed by atoms with E-state index < -0.39 is 0 Å². The molecule has 1 aliphatic carbocycles. The molecule has 0 saturated carbocycles. The molecule has 20 heavy (non-hydrogen) atoms. The Labute approximate surface area is 123 Å². The molecule has 1 heteroatoms. The lowest BCUT2D eigenvalue weighted by Crippen LogP contribution is -1.94. The quantitative estimate of drug-likeness (QED) is 0.705. The number of rotatable bonds is 3. The Morgan fingerprint density at radius 3 is 2.55 bits per heavy atom. The smallest absolute Gasteiger partial charge is 0.00100 e. The average Bonchev–Trinajstić information content (AvgIpc) is 2.89. The first kappa shape index (κ1) is 13.3. The van der Waals surface area contributed by atoms with Crippen LogP contribution in [0.4, 0.5) is 0 Å². The average molecular weight is 276 g/mol. The normalized spacial score (nSPS) is 12.8. The summed E-state index contributed by atoms with van der Waals surface area (Å²) in [7, 11) is -0.236. The van der Waals surface area contributed by atoms with Gasteiger partial charge in [-0.1, -0.05) is 73.3 Å². The van der Waals surface area contributed by atoms with Crippen molar-refractivity contribution in [3.05, 3.63) is 65.2 Å². The van der Waals surface area contributed by atoms with E-state index in [2.05, 4.69) is 73.4 Å². The molecule has 1 aliphatic rings. The van der Waals surface area contributed by atoms with Gasteiger partial charge in [0, 0.05) is 0 Å². The van der Waals surface area contributed by atoms with Crippen LogP contribution in [0, 0.1) is 0 Å². The monoisotopic (exact) mass is 276 g/mol. The van der Waals surface area contributed by atoms with Crippen LogP contribution in [0.1, 0.15) is 17.5 Å².